The van der Waals surface area contributed by atoms with Crippen LogP contribution in [0.1, 0.15) is 31.9 Å². The van der Waals surface area contributed by atoms with Crippen molar-refractivity contribution in [2.24, 2.45) is 0 Å². The summed E-state index contributed by atoms with van der Waals surface area (Å²) in [5, 5.41) is 0. The maximum absolute atomic E-state index is 13.7. The Morgan fingerprint density at radius 1 is 0.968 bits per heavy atom. The normalized spacial score (nSPS) is 21.8. The molecule has 2 aromatic rings. The Balaban J connectivity index is 1.84. The number of carbonyl (C=O) groups is 2. The van der Waals surface area contributed by atoms with Crippen LogP contribution in [0.2, 0.25) is 0 Å². The highest BCUT2D eigenvalue weighted by Gasteiger charge is 2.44. The monoisotopic (exact) mass is 420 g/mol. The van der Waals surface area contributed by atoms with Crippen molar-refractivity contribution in [2.75, 3.05) is 25.1 Å². The van der Waals surface area contributed by atoms with Crippen molar-refractivity contribution in [3.05, 3.63) is 65.4 Å². The summed E-state index contributed by atoms with van der Waals surface area (Å²) < 4.78 is 11.4. The number of methoxy groups -OCH3 is 1. The number of rotatable bonds is 5. The van der Waals surface area contributed by atoms with Crippen LogP contribution in [0.15, 0.2) is 54.2 Å². The van der Waals surface area contributed by atoms with E-state index in [1.807, 2.05) is 61.2 Å². The van der Waals surface area contributed by atoms with Crippen molar-refractivity contribution < 1.29 is 19.1 Å². The van der Waals surface area contributed by atoms with Gasteiger partial charge in [-0.1, -0.05) is 37.3 Å². The lowest BCUT2D eigenvalue weighted by Gasteiger charge is -2.37. The summed E-state index contributed by atoms with van der Waals surface area (Å²) in [5.74, 6) is -0.0781. The van der Waals surface area contributed by atoms with Gasteiger partial charge in [0.2, 0.25) is 0 Å². The molecule has 2 heterocycles. The minimum absolute atomic E-state index is 0.0454. The maximum Gasteiger partial charge on any atom is 0.282 e. The van der Waals surface area contributed by atoms with Gasteiger partial charge in [-0.05, 0) is 44.0 Å². The summed E-state index contributed by atoms with van der Waals surface area (Å²) in [6.45, 7) is 7.12. The van der Waals surface area contributed by atoms with Crippen LogP contribution in [-0.4, -0.2) is 49.1 Å². The van der Waals surface area contributed by atoms with Crippen molar-refractivity contribution >= 4 is 23.1 Å². The first-order valence-electron chi connectivity index (χ1n) is 10.7. The average Bonchev–Trinajstić information content (AvgIpc) is 3.03. The maximum atomic E-state index is 13.7. The Morgan fingerprint density at radius 3 is 2.23 bits per heavy atom. The molecule has 1 fully saturated rings. The molecule has 2 amide bonds. The van der Waals surface area contributed by atoms with Gasteiger partial charge in [0.15, 0.2) is 0 Å². The van der Waals surface area contributed by atoms with Crippen molar-refractivity contribution in [3.8, 4) is 5.75 Å². The molecule has 1 saturated heterocycles. The van der Waals surface area contributed by atoms with Gasteiger partial charge in [-0.25, -0.2) is 4.90 Å². The van der Waals surface area contributed by atoms with Gasteiger partial charge in [0.25, 0.3) is 11.8 Å². The molecule has 0 aromatic heterocycles. The van der Waals surface area contributed by atoms with E-state index >= 15 is 0 Å². The molecule has 2 aromatic carbocycles. The summed E-state index contributed by atoms with van der Waals surface area (Å²) in [5.41, 5.74) is 3.14. The number of anilines is 1. The van der Waals surface area contributed by atoms with Crippen LogP contribution in [0.5, 0.6) is 5.75 Å². The number of hydrogen-bond donors (Lipinski definition) is 0. The van der Waals surface area contributed by atoms with Gasteiger partial charge in [0.1, 0.15) is 11.4 Å². The number of benzene rings is 2. The Hall–Kier alpha value is -3.12. The Labute approximate surface area is 183 Å². The first-order valence-corrected chi connectivity index (χ1v) is 10.7. The van der Waals surface area contributed by atoms with Crippen LogP contribution < -0.4 is 9.64 Å². The fourth-order valence-corrected chi connectivity index (χ4v) is 4.38. The number of aryl methyl sites for hydroxylation is 1. The van der Waals surface area contributed by atoms with Crippen LogP contribution in [0.25, 0.3) is 5.57 Å². The van der Waals surface area contributed by atoms with Gasteiger partial charge in [-0.3, -0.25) is 9.59 Å². The molecule has 0 spiro atoms. The number of morpholine rings is 1. The molecule has 0 N–H and O–H groups in total. The Kier molecular flexibility index (Phi) is 5.83. The van der Waals surface area contributed by atoms with Crippen molar-refractivity contribution in [1.82, 2.24) is 4.90 Å². The number of imide groups is 1. The molecule has 0 saturated carbocycles. The van der Waals surface area contributed by atoms with Crippen LogP contribution in [0, 0.1) is 0 Å². The SMILES string of the molecule is CCc1ccc(N2C(=O)C(c3ccccc3OC)=C(N3CC(C)OC(C)C3)C2=O)cc1. The van der Waals surface area contributed by atoms with E-state index < -0.39 is 0 Å². The van der Waals surface area contributed by atoms with Gasteiger partial charge in [-0.2, -0.15) is 0 Å². The van der Waals surface area contributed by atoms with E-state index in [0.717, 1.165) is 12.0 Å². The fraction of sp³-hybridized carbons (Fsp3) is 0.360. The first kappa shape index (κ1) is 21.1. The smallest absolute Gasteiger partial charge is 0.282 e. The van der Waals surface area contributed by atoms with Crippen LogP contribution >= 0.6 is 0 Å². The van der Waals surface area contributed by atoms with E-state index in [4.69, 9.17) is 9.47 Å². The highest BCUT2D eigenvalue weighted by molar-refractivity contribution is 6.45. The summed E-state index contributed by atoms with van der Waals surface area (Å²) in [6, 6.07) is 14.9. The lowest BCUT2D eigenvalue weighted by atomic mass is 10.0. The van der Waals surface area contributed by atoms with Crippen LogP contribution in [-0.2, 0) is 20.7 Å². The minimum Gasteiger partial charge on any atom is -0.496 e. The van der Waals surface area contributed by atoms with Gasteiger partial charge in [0.05, 0.1) is 30.6 Å². The van der Waals surface area contributed by atoms with Crippen LogP contribution in [0.3, 0.4) is 0 Å². The zero-order valence-electron chi connectivity index (χ0n) is 18.4. The topological polar surface area (TPSA) is 59.1 Å². The van der Waals surface area contributed by atoms with E-state index in [1.54, 1.807) is 13.2 Å². The number of ether oxygens (including phenoxy) is 2. The summed E-state index contributed by atoms with van der Waals surface area (Å²) in [6.07, 6.45) is 0.800. The Morgan fingerprint density at radius 2 is 1.61 bits per heavy atom. The molecule has 0 bridgehead atoms. The van der Waals surface area contributed by atoms with Crippen molar-refractivity contribution in [1.29, 1.82) is 0 Å². The summed E-state index contributed by atoms with van der Waals surface area (Å²) in [7, 11) is 1.57. The standard InChI is InChI=1S/C25H28N2O4/c1-5-18-10-12-19(13-11-18)27-24(28)22(20-8-6-7-9-21(20)30-4)23(25(27)29)26-14-16(2)31-17(3)15-26/h6-13,16-17H,5,14-15H2,1-4H3. The molecule has 6 heteroatoms. The fourth-order valence-electron chi connectivity index (χ4n) is 4.38. The molecule has 31 heavy (non-hydrogen) atoms. The number of hydrogen-bond acceptors (Lipinski definition) is 5. The van der Waals surface area contributed by atoms with E-state index in [1.165, 1.54) is 4.90 Å². The third kappa shape index (κ3) is 3.83. The molecule has 4 rings (SSSR count). The number of nitrogens with zero attached hydrogens (tertiary/aromatic N) is 2. The van der Waals surface area contributed by atoms with Gasteiger partial charge >= 0.3 is 0 Å². The number of carbonyl (C=O) groups excluding carboxylic acids is 2. The molecular weight excluding hydrogens is 392 g/mol. The first-order chi connectivity index (χ1) is 14.9. The largest absolute Gasteiger partial charge is 0.496 e. The second-order valence-electron chi connectivity index (χ2n) is 8.05. The van der Waals surface area contributed by atoms with Gasteiger partial charge in [-0.15, -0.1) is 0 Å². The molecule has 2 aliphatic heterocycles. The molecule has 2 atom stereocenters. The van der Waals surface area contributed by atoms with E-state index in [9.17, 15) is 9.59 Å². The average molecular weight is 421 g/mol. The second kappa shape index (κ2) is 8.55. The highest BCUT2D eigenvalue weighted by Crippen LogP contribution is 2.39. The van der Waals surface area contributed by atoms with Gasteiger partial charge < -0.3 is 14.4 Å². The van der Waals surface area contributed by atoms with Gasteiger partial charge in [0, 0.05) is 18.7 Å². The van der Waals surface area contributed by atoms with Crippen molar-refractivity contribution in [3.63, 3.8) is 0 Å². The molecule has 0 radical (unpaired) electrons. The van der Waals surface area contributed by atoms with E-state index in [-0.39, 0.29) is 24.0 Å². The molecule has 0 aliphatic carbocycles. The number of amides is 2. The zero-order valence-corrected chi connectivity index (χ0v) is 18.4. The molecular formula is C25H28N2O4. The highest BCUT2D eigenvalue weighted by atomic mass is 16.5. The molecule has 2 aliphatic rings. The minimum atomic E-state index is -0.333. The Bertz CT molecular complexity index is 1020. The lowest BCUT2D eigenvalue weighted by molar-refractivity contribution is -0.121. The molecule has 162 valence electrons. The summed E-state index contributed by atoms with van der Waals surface area (Å²) in [4.78, 5) is 30.6. The van der Waals surface area contributed by atoms with Crippen molar-refractivity contribution in [2.45, 2.75) is 39.4 Å². The molecule has 2 unspecified atom stereocenters. The second-order valence-corrected chi connectivity index (χ2v) is 8.05. The predicted molar refractivity (Wildman–Crippen MR) is 120 cm³/mol. The lowest BCUT2D eigenvalue weighted by Crippen LogP contribution is -2.47. The van der Waals surface area contributed by atoms with Crippen LogP contribution in [0.4, 0.5) is 5.69 Å². The third-order valence-electron chi connectivity index (χ3n) is 5.77. The zero-order chi connectivity index (χ0) is 22.1. The van der Waals surface area contributed by atoms with E-state index in [2.05, 4.69) is 6.92 Å². The number of para-hydroxylation sites is 1. The quantitative estimate of drug-likeness (QED) is 0.691. The molecule has 6 nitrogen and oxygen atoms in total. The summed E-state index contributed by atoms with van der Waals surface area (Å²) >= 11 is 0. The van der Waals surface area contributed by atoms with E-state index in [0.29, 0.717) is 41.4 Å². The predicted octanol–water partition coefficient (Wildman–Crippen LogP) is 3.65. The third-order valence-corrected chi connectivity index (χ3v) is 5.77.